The highest BCUT2D eigenvalue weighted by Gasteiger charge is 2.42. The summed E-state index contributed by atoms with van der Waals surface area (Å²) in [6.07, 6.45) is 2.58. The Morgan fingerprint density at radius 3 is 2.72 bits per heavy atom. The van der Waals surface area contributed by atoms with E-state index in [4.69, 9.17) is 4.98 Å². The van der Waals surface area contributed by atoms with E-state index in [-0.39, 0.29) is 12.5 Å². The minimum atomic E-state index is -1.00. The van der Waals surface area contributed by atoms with Crippen LogP contribution in [0.3, 0.4) is 0 Å². The molecular weight excluding hydrogens is 428 g/mol. The molecular formula is C22H28N6O3S. The Hall–Kier alpha value is -2.40. The molecule has 0 bridgehead atoms. The van der Waals surface area contributed by atoms with Crippen molar-refractivity contribution in [3.05, 3.63) is 23.7 Å². The topological polar surface area (TPSA) is 136 Å². The Morgan fingerprint density at radius 1 is 1.19 bits per heavy atom. The lowest BCUT2D eigenvalue weighted by Crippen LogP contribution is -2.38. The van der Waals surface area contributed by atoms with Crippen LogP contribution in [-0.4, -0.2) is 66.7 Å². The Kier molecular flexibility index (Phi) is 5.70. The lowest BCUT2D eigenvalue weighted by atomic mass is 10.0. The molecule has 0 amide bonds. The number of nitrogens with one attached hydrogen (secondary N) is 2. The molecule has 170 valence electrons. The van der Waals surface area contributed by atoms with E-state index in [1.807, 2.05) is 26.1 Å². The molecule has 4 atom stereocenters. The van der Waals surface area contributed by atoms with Gasteiger partial charge in [0.15, 0.2) is 0 Å². The van der Waals surface area contributed by atoms with E-state index >= 15 is 0 Å². The van der Waals surface area contributed by atoms with Crippen LogP contribution in [0.2, 0.25) is 0 Å². The van der Waals surface area contributed by atoms with E-state index in [1.54, 1.807) is 11.3 Å². The first-order valence-electron chi connectivity index (χ1n) is 11.1. The molecule has 9 nitrogen and oxygen atoms in total. The zero-order valence-corrected chi connectivity index (χ0v) is 18.9. The van der Waals surface area contributed by atoms with Gasteiger partial charge in [-0.1, -0.05) is 0 Å². The molecule has 32 heavy (non-hydrogen) atoms. The zero-order valence-electron chi connectivity index (χ0n) is 18.1. The Bertz CT molecular complexity index is 1130. The van der Waals surface area contributed by atoms with Crippen LogP contribution >= 0.6 is 11.3 Å². The summed E-state index contributed by atoms with van der Waals surface area (Å²) in [5.41, 5.74) is 3.50. The van der Waals surface area contributed by atoms with Crippen LogP contribution in [0.15, 0.2) is 12.3 Å². The highest BCUT2D eigenvalue weighted by Crippen LogP contribution is 2.44. The summed E-state index contributed by atoms with van der Waals surface area (Å²) >= 11 is 1.57. The molecule has 10 heteroatoms. The van der Waals surface area contributed by atoms with Crippen LogP contribution in [0, 0.1) is 12.8 Å². The van der Waals surface area contributed by atoms with Crippen LogP contribution < -0.4 is 10.6 Å². The highest BCUT2D eigenvalue weighted by atomic mass is 32.1. The molecule has 3 aromatic rings. The van der Waals surface area contributed by atoms with Crippen molar-refractivity contribution in [1.82, 2.24) is 19.9 Å². The SMILES string of the molecule is CCNc1nc(C)c(-c2nc3c(C4CC4)nccc3s2)c(N[C@@H]2[C@H](CO)C[C@@H](O)[C@H]2O)n1. The maximum atomic E-state index is 10.5. The molecule has 3 heterocycles. The van der Waals surface area contributed by atoms with E-state index in [9.17, 15) is 15.3 Å². The van der Waals surface area contributed by atoms with Gasteiger partial charge in [0.2, 0.25) is 5.95 Å². The Balaban J connectivity index is 1.60. The standard InChI is InChI=1S/C22H28N6O3S/c1-3-23-22-25-10(2)15(20(28-22)26-17-12(9-29)8-13(30)19(17)31)21-27-18-14(32-21)6-7-24-16(18)11-4-5-11/h6-7,11-13,17,19,29-31H,3-5,8-9H2,1-2H3,(H2,23,25,26,28)/t12-,13+,17+,19+/m0/s1. The first kappa shape index (κ1) is 21.4. The molecule has 0 aromatic carbocycles. The minimum absolute atomic E-state index is 0.136. The Morgan fingerprint density at radius 2 is 2.00 bits per heavy atom. The molecule has 0 unspecified atom stereocenters. The lowest BCUT2D eigenvalue weighted by molar-refractivity contribution is 0.0390. The van der Waals surface area contributed by atoms with Crippen molar-refractivity contribution in [3.8, 4) is 10.6 Å². The normalized spacial score (nSPS) is 25.4. The van der Waals surface area contributed by atoms with Crippen molar-refractivity contribution >= 4 is 33.3 Å². The van der Waals surface area contributed by atoms with E-state index in [0.29, 0.717) is 30.6 Å². The van der Waals surface area contributed by atoms with Gasteiger partial charge < -0.3 is 26.0 Å². The number of pyridine rings is 1. The number of hydrogen-bond donors (Lipinski definition) is 5. The maximum Gasteiger partial charge on any atom is 0.224 e. The molecule has 0 radical (unpaired) electrons. The van der Waals surface area contributed by atoms with E-state index < -0.39 is 18.2 Å². The van der Waals surface area contributed by atoms with Gasteiger partial charge in [-0.3, -0.25) is 4.98 Å². The van der Waals surface area contributed by atoms with Gasteiger partial charge in [-0.15, -0.1) is 11.3 Å². The summed E-state index contributed by atoms with van der Waals surface area (Å²) in [4.78, 5) is 18.8. The molecule has 0 spiro atoms. The first-order valence-corrected chi connectivity index (χ1v) is 11.9. The van der Waals surface area contributed by atoms with Gasteiger partial charge >= 0.3 is 0 Å². The van der Waals surface area contributed by atoms with Crippen molar-refractivity contribution in [2.24, 2.45) is 5.92 Å². The molecule has 2 saturated carbocycles. The van der Waals surface area contributed by atoms with Gasteiger partial charge in [0.05, 0.1) is 33.8 Å². The smallest absolute Gasteiger partial charge is 0.224 e. The largest absolute Gasteiger partial charge is 0.396 e. The van der Waals surface area contributed by atoms with Crippen molar-refractivity contribution < 1.29 is 15.3 Å². The second-order valence-electron chi connectivity index (χ2n) is 8.63. The number of fused-ring (bicyclic) bond motifs is 1. The third-order valence-corrected chi connectivity index (χ3v) is 7.33. The van der Waals surface area contributed by atoms with Crippen LogP contribution in [0.4, 0.5) is 11.8 Å². The molecule has 2 aliphatic carbocycles. The number of anilines is 2. The van der Waals surface area contributed by atoms with E-state index in [0.717, 1.165) is 45.0 Å². The van der Waals surface area contributed by atoms with Crippen molar-refractivity contribution in [2.45, 2.75) is 57.3 Å². The van der Waals surface area contributed by atoms with E-state index in [1.165, 1.54) is 0 Å². The summed E-state index contributed by atoms with van der Waals surface area (Å²) in [7, 11) is 0. The van der Waals surface area contributed by atoms with Crippen LogP contribution in [0.5, 0.6) is 0 Å². The fourth-order valence-electron chi connectivity index (χ4n) is 4.47. The molecule has 5 rings (SSSR count). The quantitative estimate of drug-likeness (QED) is 0.363. The van der Waals surface area contributed by atoms with Gasteiger partial charge in [0.1, 0.15) is 22.4 Å². The second-order valence-corrected chi connectivity index (χ2v) is 9.66. The number of nitrogens with zero attached hydrogens (tertiary/aromatic N) is 4. The van der Waals surface area contributed by atoms with Gasteiger partial charge in [-0.25, -0.2) is 9.97 Å². The average Bonchev–Trinajstić information content (AvgIpc) is 3.47. The van der Waals surface area contributed by atoms with Crippen molar-refractivity contribution in [2.75, 3.05) is 23.8 Å². The Labute approximate surface area is 190 Å². The number of aryl methyl sites for hydroxylation is 1. The van der Waals surface area contributed by atoms with Crippen LogP contribution in [0.1, 0.15) is 43.5 Å². The second kappa shape index (κ2) is 8.51. The molecule has 0 aliphatic heterocycles. The van der Waals surface area contributed by atoms with Gasteiger partial charge in [-0.05, 0) is 39.2 Å². The number of rotatable bonds is 7. The summed E-state index contributed by atoms with van der Waals surface area (Å²) < 4.78 is 1.07. The number of hydrogen-bond acceptors (Lipinski definition) is 10. The maximum absolute atomic E-state index is 10.5. The van der Waals surface area contributed by atoms with E-state index in [2.05, 4.69) is 25.6 Å². The van der Waals surface area contributed by atoms with Crippen LogP contribution in [-0.2, 0) is 0 Å². The molecule has 5 N–H and O–H groups in total. The predicted molar refractivity (Wildman–Crippen MR) is 124 cm³/mol. The van der Waals surface area contributed by atoms with Crippen LogP contribution in [0.25, 0.3) is 20.8 Å². The fourth-order valence-corrected chi connectivity index (χ4v) is 5.54. The lowest BCUT2D eigenvalue weighted by Gasteiger charge is -2.24. The van der Waals surface area contributed by atoms with Gasteiger partial charge in [0, 0.05) is 31.2 Å². The van der Waals surface area contributed by atoms with Crippen molar-refractivity contribution in [1.29, 1.82) is 0 Å². The molecule has 2 aliphatic rings. The van der Waals surface area contributed by atoms with Crippen molar-refractivity contribution in [3.63, 3.8) is 0 Å². The fraction of sp³-hybridized carbons (Fsp3) is 0.545. The zero-order chi connectivity index (χ0) is 22.4. The summed E-state index contributed by atoms with van der Waals surface area (Å²) in [6, 6.07) is 1.45. The summed E-state index contributed by atoms with van der Waals surface area (Å²) in [5, 5.41) is 37.7. The number of aromatic nitrogens is 4. The third-order valence-electron chi connectivity index (χ3n) is 6.29. The average molecular weight is 457 g/mol. The van der Waals surface area contributed by atoms with Gasteiger partial charge in [-0.2, -0.15) is 4.98 Å². The number of aliphatic hydroxyl groups is 3. The molecule has 3 aromatic heterocycles. The number of aliphatic hydroxyl groups excluding tert-OH is 3. The minimum Gasteiger partial charge on any atom is -0.396 e. The third kappa shape index (κ3) is 3.81. The summed E-state index contributed by atoms with van der Waals surface area (Å²) in [5.74, 6) is 1.21. The molecule has 2 fully saturated rings. The van der Waals surface area contributed by atoms with Gasteiger partial charge in [0.25, 0.3) is 0 Å². The monoisotopic (exact) mass is 456 g/mol. The first-order chi connectivity index (χ1) is 15.5. The predicted octanol–water partition coefficient (Wildman–Crippen LogP) is 2.28. The molecule has 0 saturated heterocycles. The summed E-state index contributed by atoms with van der Waals surface area (Å²) in [6.45, 7) is 4.42. The highest BCUT2D eigenvalue weighted by molar-refractivity contribution is 7.21. The number of thiazole rings is 1.